The summed E-state index contributed by atoms with van der Waals surface area (Å²) < 4.78 is 10.9. The third-order valence-corrected chi connectivity index (χ3v) is 3.54. The molecular formula is C12H26N2O2. The minimum atomic E-state index is 0.335. The van der Waals surface area contributed by atoms with E-state index >= 15 is 0 Å². The van der Waals surface area contributed by atoms with Crippen molar-refractivity contribution in [3.8, 4) is 0 Å². The van der Waals surface area contributed by atoms with E-state index in [1.54, 1.807) is 7.11 Å². The van der Waals surface area contributed by atoms with Gasteiger partial charge in [0.1, 0.15) is 0 Å². The second-order valence-corrected chi connectivity index (χ2v) is 4.64. The van der Waals surface area contributed by atoms with Crippen molar-refractivity contribution in [2.45, 2.75) is 44.4 Å². The normalized spacial score (nSPS) is 27.6. The Morgan fingerprint density at radius 1 is 1.56 bits per heavy atom. The van der Waals surface area contributed by atoms with E-state index in [-0.39, 0.29) is 0 Å². The Labute approximate surface area is 99.1 Å². The molecule has 3 atom stereocenters. The lowest BCUT2D eigenvalue weighted by Crippen LogP contribution is -2.45. The highest BCUT2D eigenvalue weighted by molar-refractivity contribution is 4.84. The summed E-state index contributed by atoms with van der Waals surface area (Å²) in [4.78, 5) is 2.41. The van der Waals surface area contributed by atoms with Crippen LogP contribution in [0.3, 0.4) is 0 Å². The molecular weight excluding hydrogens is 204 g/mol. The predicted molar refractivity (Wildman–Crippen MR) is 65.5 cm³/mol. The van der Waals surface area contributed by atoms with Crippen LogP contribution >= 0.6 is 0 Å². The zero-order chi connectivity index (χ0) is 12.0. The Kier molecular flexibility index (Phi) is 6.28. The summed E-state index contributed by atoms with van der Waals surface area (Å²) in [6.45, 7) is 4.57. The summed E-state index contributed by atoms with van der Waals surface area (Å²) in [7, 11) is 3.94. The molecule has 0 spiro atoms. The maximum Gasteiger partial charge on any atom is 0.0703 e. The zero-order valence-corrected chi connectivity index (χ0v) is 10.8. The lowest BCUT2D eigenvalue weighted by Gasteiger charge is -2.34. The molecule has 16 heavy (non-hydrogen) atoms. The van der Waals surface area contributed by atoms with Gasteiger partial charge < -0.3 is 15.2 Å². The summed E-state index contributed by atoms with van der Waals surface area (Å²) in [5.41, 5.74) is 5.57. The highest BCUT2D eigenvalue weighted by Gasteiger charge is 2.31. The van der Waals surface area contributed by atoms with Gasteiger partial charge in [-0.3, -0.25) is 4.90 Å². The first kappa shape index (κ1) is 13.9. The SMILES string of the molecule is COCC(CCCN)N(C)C1CCOC1C. The van der Waals surface area contributed by atoms with Crippen molar-refractivity contribution in [3.63, 3.8) is 0 Å². The quantitative estimate of drug-likeness (QED) is 0.704. The van der Waals surface area contributed by atoms with Gasteiger partial charge in [-0.2, -0.15) is 0 Å². The molecule has 1 aliphatic heterocycles. The average molecular weight is 230 g/mol. The van der Waals surface area contributed by atoms with Crippen molar-refractivity contribution >= 4 is 0 Å². The van der Waals surface area contributed by atoms with Gasteiger partial charge in [-0.1, -0.05) is 0 Å². The van der Waals surface area contributed by atoms with Gasteiger partial charge >= 0.3 is 0 Å². The molecule has 1 saturated heterocycles. The van der Waals surface area contributed by atoms with Gasteiger partial charge in [-0.15, -0.1) is 0 Å². The predicted octanol–water partition coefficient (Wildman–Crippen LogP) is 0.850. The minimum absolute atomic E-state index is 0.335. The van der Waals surface area contributed by atoms with E-state index in [1.165, 1.54) is 0 Å². The number of hydrogen-bond donors (Lipinski definition) is 1. The van der Waals surface area contributed by atoms with E-state index in [4.69, 9.17) is 15.2 Å². The smallest absolute Gasteiger partial charge is 0.0703 e. The van der Waals surface area contributed by atoms with E-state index in [2.05, 4.69) is 18.9 Å². The molecule has 1 rings (SSSR count). The van der Waals surface area contributed by atoms with Crippen LogP contribution in [0.2, 0.25) is 0 Å². The van der Waals surface area contributed by atoms with Crippen LogP contribution in [0.1, 0.15) is 26.2 Å². The van der Waals surface area contributed by atoms with Crippen LogP contribution in [0, 0.1) is 0 Å². The number of methoxy groups -OCH3 is 1. The van der Waals surface area contributed by atoms with Gasteiger partial charge in [0.25, 0.3) is 0 Å². The van der Waals surface area contributed by atoms with Crippen LogP contribution in [0.5, 0.6) is 0 Å². The number of rotatable bonds is 7. The molecule has 0 radical (unpaired) electrons. The lowest BCUT2D eigenvalue weighted by atomic mass is 10.0. The minimum Gasteiger partial charge on any atom is -0.383 e. The van der Waals surface area contributed by atoms with Crippen LogP contribution in [-0.2, 0) is 9.47 Å². The maximum atomic E-state index is 5.61. The Balaban J connectivity index is 2.47. The molecule has 1 heterocycles. The first-order chi connectivity index (χ1) is 7.70. The first-order valence-corrected chi connectivity index (χ1v) is 6.23. The number of hydrogen-bond acceptors (Lipinski definition) is 4. The van der Waals surface area contributed by atoms with Crippen molar-refractivity contribution in [2.24, 2.45) is 5.73 Å². The van der Waals surface area contributed by atoms with E-state index in [9.17, 15) is 0 Å². The molecule has 1 aliphatic rings. The van der Waals surface area contributed by atoms with E-state index in [0.717, 1.165) is 39.0 Å². The van der Waals surface area contributed by atoms with E-state index < -0.39 is 0 Å². The van der Waals surface area contributed by atoms with Crippen LogP contribution in [0.15, 0.2) is 0 Å². The molecule has 4 heteroatoms. The van der Waals surface area contributed by atoms with Crippen LogP contribution < -0.4 is 5.73 Å². The molecule has 0 aromatic heterocycles. The van der Waals surface area contributed by atoms with E-state index in [0.29, 0.717) is 18.2 Å². The first-order valence-electron chi connectivity index (χ1n) is 6.23. The van der Waals surface area contributed by atoms with Crippen molar-refractivity contribution in [1.29, 1.82) is 0 Å². The molecule has 3 unspecified atom stereocenters. The number of nitrogens with zero attached hydrogens (tertiary/aromatic N) is 1. The van der Waals surface area contributed by atoms with Crippen LogP contribution in [0.25, 0.3) is 0 Å². The number of nitrogens with two attached hydrogens (primary N) is 1. The second kappa shape index (κ2) is 7.22. The number of ether oxygens (including phenoxy) is 2. The van der Waals surface area contributed by atoms with Crippen molar-refractivity contribution in [3.05, 3.63) is 0 Å². The van der Waals surface area contributed by atoms with Gasteiger partial charge in [-0.05, 0) is 39.8 Å². The topological polar surface area (TPSA) is 47.7 Å². The Morgan fingerprint density at radius 2 is 2.31 bits per heavy atom. The van der Waals surface area contributed by atoms with Gasteiger partial charge in [0, 0.05) is 25.8 Å². The lowest BCUT2D eigenvalue weighted by molar-refractivity contribution is 0.0372. The van der Waals surface area contributed by atoms with Crippen LogP contribution in [0.4, 0.5) is 0 Å². The third kappa shape index (κ3) is 3.70. The van der Waals surface area contributed by atoms with Crippen LogP contribution in [-0.4, -0.2) is 57.0 Å². The fraction of sp³-hybridized carbons (Fsp3) is 1.00. The highest BCUT2D eigenvalue weighted by Crippen LogP contribution is 2.21. The summed E-state index contributed by atoms with van der Waals surface area (Å²) in [5, 5.41) is 0. The summed E-state index contributed by atoms with van der Waals surface area (Å²) in [6, 6.07) is 0.987. The summed E-state index contributed by atoms with van der Waals surface area (Å²) in [6.07, 6.45) is 3.62. The van der Waals surface area contributed by atoms with Crippen molar-refractivity contribution < 1.29 is 9.47 Å². The molecule has 0 saturated carbocycles. The molecule has 0 aromatic carbocycles. The Morgan fingerprint density at radius 3 is 2.81 bits per heavy atom. The van der Waals surface area contributed by atoms with Gasteiger partial charge in [0.2, 0.25) is 0 Å². The fourth-order valence-electron chi connectivity index (χ4n) is 2.48. The molecule has 2 N–H and O–H groups in total. The highest BCUT2D eigenvalue weighted by atomic mass is 16.5. The summed E-state index contributed by atoms with van der Waals surface area (Å²) in [5.74, 6) is 0. The number of likely N-dealkylation sites (N-methyl/N-ethyl adjacent to an activating group) is 1. The monoisotopic (exact) mass is 230 g/mol. The zero-order valence-electron chi connectivity index (χ0n) is 10.8. The molecule has 0 aliphatic carbocycles. The summed E-state index contributed by atoms with van der Waals surface area (Å²) >= 11 is 0. The van der Waals surface area contributed by atoms with Crippen molar-refractivity contribution in [2.75, 3.05) is 33.9 Å². The maximum absolute atomic E-state index is 5.61. The van der Waals surface area contributed by atoms with Gasteiger partial charge in [0.05, 0.1) is 12.7 Å². The third-order valence-electron chi connectivity index (χ3n) is 3.54. The standard InChI is InChI=1S/C12H26N2O2/c1-10-12(6-8-16-10)14(2)11(9-15-3)5-4-7-13/h10-12H,4-9,13H2,1-3H3. The average Bonchev–Trinajstić information content (AvgIpc) is 2.69. The van der Waals surface area contributed by atoms with E-state index in [1.807, 2.05) is 0 Å². The molecule has 0 amide bonds. The second-order valence-electron chi connectivity index (χ2n) is 4.64. The Bertz CT molecular complexity index is 190. The van der Waals surface area contributed by atoms with Gasteiger partial charge in [-0.25, -0.2) is 0 Å². The molecule has 0 bridgehead atoms. The molecule has 4 nitrogen and oxygen atoms in total. The molecule has 0 aromatic rings. The molecule has 1 fully saturated rings. The molecule has 96 valence electrons. The Hall–Kier alpha value is -0.160. The van der Waals surface area contributed by atoms with Crippen molar-refractivity contribution in [1.82, 2.24) is 4.90 Å². The van der Waals surface area contributed by atoms with Gasteiger partial charge in [0.15, 0.2) is 0 Å². The largest absolute Gasteiger partial charge is 0.383 e. The fourth-order valence-corrected chi connectivity index (χ4v) is 2.48.